The Labute approximate surface area is 184 Å². The van der Waals surface area contributed by atoms with E-state index in [1.807, 2.05) is 12.1 Å². The van der Waals surface area contributed by atoms with Gasteiger partial charge in [-0.3, -0.25) is 4.99 Å². The van der Waals surface area contributed by atoms with E-state index in [0.717, 1.165) is 49.7 Å². The van der Waals surface area contributed by atoms with Crippen molar-refractivity contribution in [3.8, 4) is 11.5 Å². The van der Waals surface area contributed by atoms with Crippen LogP contribution in [-0.4, -0.2) is 43.2 Å². The third kappa shape index (κ3) is 5.66. The third-order valence-electron chi connectivity index (χ3n) is 5.48. The van der Waals surface area contributed by atoms with E-state index < -0.39 is 0 Å². The first kappa shape index (κ1) is 21.0. The molecule has 1 fully saturated rings. The van der Waals surface area contributed by atoms with Gasteiger partial charge in [-0.2, -0.15) is 0 Å². The van der Waals surface area contributed by atoms with Crippen molar-refractivity contribution < 1.29 is 4.42 Å². The molecule has 1 aliphatic rings. The Morgan fingerprint density at radius 3 is 2.74 bits per heavy atom. The van der Waals surface area contributed by atoms with Crippen LogP contribution in [0.15, 0.2) is 70.3 Å². The summed E-state index contributed by atoms with van der Waals surface area (Å²) in [5.41, 5.74) is 4.43. The molecule has 0 radical (unpaired) electrons. The molecule has 3 aromatic rings. The van der Waals surface area contributed by atoms with Gasteiger partial charge in [0.05, 0.1) is 5.69 Å². The predicted molar refractivity (Wildman–Crippen MR) is 127 cm³/mol. The largest absolute Gasteiger partial charge is 0.444 e. The van der Waals surface area contributed by atoms with Crippen LogP contribution in [0.1, 0.15) is 24.6 Å². The van der Waals surface area contributed by atoms with Crippen molar-refractivity contribution in [2.75, 3.05) is 31.1 Å². The summed E-state index contributed by atoms with van der Waals surface area (Å²) in [6, 6.07) is 19.2. The molecule has 1 unspecified atom stereocenters. The van der Waals surface area contributed by atoms with Crippen molar-refractivity contribution in [2.24, 2.45) is 4.99 Å². The van der Waals surface area contributed by atoms with Crippen LogP contribution in [0.5, 0.6) is 0 Å². The smallest absolute Gasteiger partial charge is 0.226 e. The summed E-state index contributed by atoms with van der Waals surface area (Å²) in [4.78, 5) is 11.8. The highest BCUT2D eigenvalue weighted by atomic mass is 16.3. The number of para-hydroxylation sites is 1. The van der Waals surface area contributed by atoms with Crippen LogP contribution in [0.25, 0.3) is 11.5 Å². The Balaban J connectivity index is 1.31. The fourth-order valence-corrected chi connectivity index (χ4v) is 3.80. The van der Waals surface area contributed by atoms with Gasteiger partial charge in [0.15, 0.2) is 5.96 Å². The third-order valence-corrected chi connectivity index (χ3v) is 5.48. The lowest BCUT2D eigenvalue weighted by atomic mass is 10.1. The fraction of sp³-hybridized carbons (Fsp3) is 0.360. The average molecular weight is 418 g/mol. The van der Waals surface area contributed by atoms with Crippen LogP contribution in [0.2, 0.25) is 0 Å². The number of rotatable bonds is 7. The van der Waals surface area contributed by atoms with Crippen molar-refractivity contribution >= 4 is 11.6 Å². The summed E-state index contributed by atoms with van der Waals surface area (Å²) >= 11 is 0. The Bertz CT molecular complexity index is 981. The van der Waals surface area contributed by atoms with Crippen molar-refractivity contribution in [3.05, 3.63) is 72.1 Å². The zero-order valence-corrected chi connectivity index (χ0v) is 18.3. The first-order chi connectivity index (χ1) is 15.2. The number of benzene rings is 2. The second-order valence-corrected chi connectivity index (χ2v) is 7.93. The summed E-state index contributed by atoms with van der Waals surface area (Å²) in [6.45, 7) is 7.70. The van der Waals surface area contributed by atoms with Crippen molar-refractivity contribution in [1.82, 2.24) is 15.6 Å². The molecule has 2 aromatic carbocycles. The van der Waals surface area contributed by atoms with Crippen LogP contribution in [-0.2, 0) is 6.42 Å². The Kier molecular flexibility index (Phi) is 6.87. The van der Waals surface area contributed by atoms with Gasteiger partial charge in [-0.15, -0.1) is 0 Å². The van der Waals surface area contributed by atoms with E-state index in [9.17, 15) is 0 Å². The maximum absolute atomic E-state index is 5.66. The van der Waals surface area contributed by atoms with Crippen LogP contribution < -0.4 is 15.5 Å². The minimum atomic E-state index is 0.387. The van der Waals surface area contributed by atoms with Crippen molar-refractivity contribution in [3.63, 3.8) is 0 Å². The lowest BCUT2D eigenvalue weighted by Gasteiger charge is -2.20. The second kappa shape index (κ2) is 10.2. The molecule has 1 atom stereocenters. The molecule has 0 spiro atoms. The first-order valence-corrected chi connectivity index (χ1v) is 11.1. The molecule has 0 bridgehead atoms. The molecule has 31 heavy (non-hydrogen) atoms. The molecular formula is C25H31N5O. The number of anilines is 1. The van der Waals surface area contributed by atoms with Gasteiger partial charge in [-0.25, -0.2) is 4.98 Å². The van der Waals surface area contributed by atoms with Crippen LogP contribution >= 0.6 is 0 Å². The fourth-order valence-electron chi connectivity index (χ4n) is 3.80. The molecule has 1 aromatic heterocycles. The van der Waals surface area contributed by atoms with Crippen LogP contribution in [0.3, 0.4) is 0 Å². The summed E-state index contributed by atoms with van der Waals surface area (Å²) in [5, 5.41) is 6.96. The number of aryl methyl sites for hydroxylation is 1. The number of hydrogen-bond donors (Lipinski definition) is 2. The zero-order valence-electron chi connectivity index (χ0n) is 18.3. The highest BCUT2D eigenvalue weighted by molar-refractivity contribution is 5.80. The molecule has 162 valence electrons. The van der Waals surface area contributed by atoms with E-state index in [1.54, 1.807) is 6.26 Å². The number of hydrogen-bond acceptors (Lipinski definition) is 4. The van der Waals surface area contributed by atoms with E-state index in [-0.39, 0.29) is 0 Å². The number of oxazole rings is 1. The van der Waals surface area contributed by atoms with Gasteiger partial charge in [-0.1, -0.05) is 35.9 Å². The van der Waals surface area contributed by atoms with Crippen molar-refractivity contribution in [1.29, 1.82) is 0 Å². The SMILES string of the molecule is CCNC(=NCCc1coc(-c2ccc(C)cc2)n1)NC1CCN(c2ccccc2)C1. The average Bonchev–Trinajstić information content (AvgIpc) is 3.45. The lowest BCUT2D eigenvalue weighted by Crippen LogP contribution is -2.44. The Morgan fingerprint density at radius 2 is 1.97 bits per heavy atom. The van der Waals surface area contributed by atoms with Gasteiger partial charge >= 0.3 is 0 Å². The number of nitrogens with zero attached hydrogens (tertiary/aromatic N) is 3. The van der Waals surface area contributed by atoms with Crippen LogP contribution in [0.4, 0.5) is 5.69 Å². The van der Waals surface area contributed by atoms with Crippen molar-refractivity contribution in [2.45, 2.75) is 32.7 Å². The summed E-state index contributed by atoms with van der Waals surface area (Å²) in [7, 11) is 0. The maximum atomic E-state index is 5.66. The van der Waals surface area contributed by atoms with Gasteiger partial charge < -0.3 is 20.0 Å². The maximum Gasteiger partial charge on any atom is 0.226 e. The molecular weight excluding hydrogens is 386 g/mol. The minimum absolute atomic E-state index is 0.387. The standard InChI is InChI=1S/C25H31N5O/c1-3-26-25(29-21-14-16-30(17-21)23-7-5-4-6-8-23)27-15-13-22-18-31-24(28-22)20-11-9-19(2)10-12-20/h4-12,18,21H,3,13-17H2,1-2H3,(H2,26,27,29). The Hall–Kier alpha value is -3.28. The van der Waals surface area contributed by atoms with E-state index in [1.165, 1.54) is 11.3 Å². The summed E-state index contributed by atoms with van der Waals surface area (Å²) in [6.07, 6.45) is 3.58. The molecule has 1 saturated heterocycles. The highest BCUT2D eigenvalue weighted by Gasteiger charge is 2.23. The number of aliphatic imine (C=N–C) groups is 1. The van der Waals surface area contributed by atoms with E-state index in [0.29, 0.717) is 18.5 Å². The number of aromatic nitrogens is 1. The molecule has 0 aliphatic carbocycles. The Morgan fingerprint density at radius 1 is 1.16 bits per heavy atom. The topological polar surface area (TPSA) is 65.7 Å². The normalized spacial score (nSPS) is 16.5. The first-order valence-electron chi connectivity index (χ1n) is 11.1. The van der Waals surface area contributed by atoms with Gasteiger partial charge in [0.2, 0.25) is 5.89 Å². The van der Waals surface area contributed by atoms with Gasteiger partial charge in [0.25, 0.3) is 0 Å². The number of nitrogens with one attached hydrogen (secondary N) is 2. The lowest BCUT2D eigenvalue weighted by molar-refractivity contribution is 0.572. The van der Waals surface area contributed by atoms with E-state index in [4.69, 9.17) is 9.41 Å². The highest BCUT2D eigenvalue weighted by Crippen LogP contribution is 2.20. The quantitative estimate of drug-likeness (QED) is 0.449. The molecule has 0 saturated carbocycles. The van der Waals surface area contributed by atoms with E-state index >= 15 is 0 Å². The molecule has 2 N–H and O–H groups in total. The minimum Gasteiger partial charge on any atom is -0.444 e. The van der Waals surface area contributed by atoms with E-state index in [2.05, 4.69) is 76.8 Å². The molecule has 0 amide bonds. The van der Waals surface area contributed by atoms with Gasteiger partial charge in [0.1, 0.15) is 6.26 Å². The van der Waals surface area contributed by atoms with Gasteiger partial charge in [-0.05, 0) is 44.5 Å². The predicted octanol–water partition coefficient (Wildman–Crippen LogP) is 4.03. The molecule has 2 heterocycles. The molecule has 1 aliphatic heterocycles. The molecule has 6 heteroatoms. The monoisotopic (exact) mass is 417 g/mol. The van der Waals surface area contributed by atoms with Crippen LogP contribution in [0, 0.1) is 6.92 Å². The second-order valence-electron chi connectivity index (χ2n) is 7.93. The zero-order chi connectivity index (χ0) is 21.5. The molecule has 6 nitrogen and oxygen atoms in total. The summed E-state index contributed by atoms with van der Waals surface area (Å²) in [5.74, 6) is 1.53. The summed E-state index contributed by atoms with van der Waals surface area (Å²) < 4.78 is 5.66. The molecule has 4 rings (SSSR count). The van der Waals surface area contributed by atoms with Gasteiger partial charge in [0, 0.05) is 49.9 Å². The number of guanidine groups is 1.